The second-order valence-corrected chi connectivity index (χ2v) is 7.89. The van der Waals surface area contributed by atoms with Gasteiger partial charge in [-0.25, -0.2) is 8.42 Å². The zero-order valence-electron chi connectivity index (χ0n) is 13.1. The van der Waals surface area contributed by atoms with Gasteiger partial charge in [-0.1, -0.05) is 6.07 Å². The summed E-state index contributed by atoms with van der Waals surface area (Å²) < 4.78 is 27.8. The van der Waals surface area contributed by atoms with Gasteiger partial charge in [0.25, 0.3) is 5.91 Å². The third kappa shape index (κ3) is 4.69. The molecule has 1 aliphatic heterocycles. The fourth-order valence-electron chi connectivity index (χ4n) is 2.51. The lowest BCUT2D eigenvalue weighted by atomic mass is 10.1. The molecule has 2 amide bonds. The highest BCUT2D eigenvalue weighted by atomic mass is 32.2. The molecule has 0 aromatic heterocycles. The highest BCUT2D eigenvalue weighted by Crippen LogP contribution is 2.21. The molecule has 1 saturated heterocycles. The Morgan fingerprint density at radius 3 is 2.65 bits per heavy atom. The predicted octanol–water partition coefficient (Wildman–Crippen LogP) is 0.589. The van der Waals surface area contributed by atoms with Crippen LogP contribution in [0.2, 0.25) is 0 Å². The Kier molecular flexibility index (Phi) is 5.25. The standard InChI is InChI=1S/C15H20N2O5S/c1-10-3-4-12(8-13(10)22-2)15(19)17-16-14(18)7-11-5-6-23(20,21)9-11/h3-4,8,11H,5-7,9H2,1-2H3,(H,16,18)(H,17,19)/t11-/m1/s1. The van der Waals surface area contributed by atoms with Crippen LogP contribution in [0.25, 0.3) is 0 Å². The first kappa shape index (κ1) is 17.3. The average Bonchev–Trinajstić information content (AvgIpc) is 2.84. The van der Waals surface area contributed by atoms with Crippen LogP contribution in [0.1, 0.15) is 28.8 Å². The molecule has 8 heteroatoms. The van der Waals surface area contributed by atoms with Gasteiger partial charge in [-0.05, 0) is 37.0 Å². The zero-order valence-corrected chi connectivity index (χ0v) is 13.9. The number of carbonyl (C=O) groups excluding carboxylic acids is 2. The number of methoxy groups -OCH3 is 1. The third-order valence-corrected chi connectivity index (χ3v) is 5.62. The van der Waals surface area contributed by atoms with Crippen molar-refractivity contribution in [3.05, 3.63) is 29.3 Å². The number of hydrogen-bond acceptors (Lipinski definition) is 5. The van der Waals surface area contributed by atoms with Crippen LogP contribution in [-0.4, -0.2) is 38.8 Å². The molecule has 0 radical (unpaired) electrons. The summed E-state index contributed by atoms with van der Waals surface area (Å²) in [6.07, 6.45) is 0.565. The summed E-state index contributed by atoms with van der Waals surface area (Å²) in [5, 5.41) is 0. The van der Waals surface area contributed by atoms with E-state index >= 15 is 0 Å². The normalized spacial score (nSPS) is 19.1. The van der Waals surface area contributed by atoms with Crippen LogP contribution in [0.4, 0.5) is 0 Å². The number of sulfone groups is 1. The number of amides is 2. The minimum atomic E-state index is -3.01. The Hall–Kier alpha value is -2.09. The van der Waals surface area contributed by atoms with Gasteiger partial charge in [-0.3, -0.25) is 20.4 Å². The molecule has 126 valence electrons. The summed E-state index contributed by atoms with van der Waals surface area (Å²) in [4.78, 5) is 23.8. The van der Waals surface area contributed by atoms with Gasteiger partial charge in [-0.2, -0.15) is 0 Å². The van der Waals surface area contributed by atoms with Crippen LogP contribution in [0.15, 0.2) is 18.2 Å². The first-order valence-corrected chi connectivity index (χ1v) is 9.07. The SMILES string of the molecule is COc1cc(C(=O)NNC(=O)C[C@H]2CCS(=O)(=O)C2)ccc1C. The summed E-state index contributed by atoms with van der Waals surface area (Å²) >= 11 is 0. The maximum atomic E-state index is 12.0. The Labute approximate surface area is 135 Å². The molecule has 1 atom stereocenters. The summed E-state index contributed by atoms with van der Waals surface area (Å²) in [5.41, 5.74) is 5.89. The van der Waals surface area contributed by atoms with E-state index in [1.807, 2.05) is 6.92 Å². The fraction of sp³-hybridized carbons (Fsp3) is 0.467. The van der Waals surface area contributed by atoms with Crippen molar-refractivity contribution in [2.45, 2.75) is 19.8 Å². The highest BCUT2D eigenvalue weighted by molar-refractivity contribution is 7.91. The second kappa shape index (κ2) is 6.99. The van der Waals surface area contributed by atoms with Crippen LogP contribution >= 0.6 is 0 Å². The van der Waals surface area contributed by atoms with E-state index in [-0.39, 0.29) is 23.8 Å². The van der Waals surface area contributed by atoms with Gasteiger partial charge >= 0.3 is 0 Å². The van der Waals surface area contributed by atoms with E-state index in [1.165, 1.54) is 7.11 Å². The second-order valence-electron chi connectivity index (χ2n) is 5.66. The lowest BCUT2D eigenvalue weighted by Gasteiger charge is -2.11. The minimum Gasteiger partial charge on any atom is -0.496 e. The highest BCUT2D eigenvalue weighted by Gasteiger charge is 2.29. The summed E-state index contributed by atoms with van der Waals surface area (Å²) in [6, 6.07) is 4.96. The van der Waals surface area contributed by atoms with E-state index in [0.717, 1.165) is 5.56 Å². The summed E-state index contributed by atoms with van der Waals surface area (Å²) in [7, 11) is -1.49. The van der Waals surface area contributed by atoms with Gasteiger partial charge in [0.05, 0.1) is 18.6 Å². The molecule has 0 bridgehead atoms. The Balaban J connectivity index is 1.85. The molecular formula is C15H20N2O5S. The molecule has 0 aliphatic carbocycles. The topological polar surface area (TPSA) is 102 Å². The molecule has 2 N–H and O–H groups in total. The molecule has 1 heterocycles. The lowest BCUT2D eigenvalue weighted by molar-refractivity contribution is -0.122. The molecule has 1 aromatic rings. The molecular weight excluding hydrogens is 320 g/mol. The number of aryl methyl sites for hydroxylation is 1. The first-order valence-electron chi connectivity index (χ1n) is 7.25. The zero-order chi connectivity index (χ0) is 17.0. The van der Waals surface area contributed by atoms with Crippen LogP contribution in [0.3, 0.4) is 0 Å². The van der Waals surface area contributed by atoms with Crippen molar-refractivity contribution < 1.29 is 22.7 Å². The lowest BCUT2D eigenvalue weighted by Crippen LogP contribution is -2.42. The molecule has 1 aliphatic rings. The van der Waals surface area contributed by atoms with Gasteiger partial charge < -0.3 is 4.74 Å². The number of hydrogen-bond donors (Lipinski definition) is 2. The van der Waals surface area contributed by atoms with E-state index in [9.17, 15) is 18.0 Å². The van der Waals surface area contributed by atoms with E-state index in [1.54, 1.807) is 18.2 Å². The van der Waals surface area contributed by atoms with Crippen LogP contribution in [0.5, 0.6) is 5.75 Å². The number of ether oxygens (including phenoxy) is 1. The number of benzene rings is 1. The van der Waals surface area contributed by atoms with Gasteiger partial charge in [0.2, 0.25) is 5.91 Å². The Bertz CT molecular complexity index is 715. The van der Waals surface area contributed by atoms with E-state index < -0.39 is 21.7 Å². The monoisotopic (exact) mass is 340 g/mol. The molecule has 1 aromatic carbocycles. The van der Waals surface area contributed by atoms with Crippen molar-refractivity contribution in [3.63, 3.8) is 0 Å². The minimum absolute atomic E-state index is 0.0313. The summed E-state index contributed by atoms with van der Waals surface area (Å²) in [6.45, 7) is 1.86. The van der Waals surface area contributed by atoms with E-state index in [0.29, 0.717) is 17.7 Å². The third-order valence-electron chi connectivity index (χ3n) is 3.79. The molecule has 0 spiro atoms. The van der Waals surface area contributed by atoms with E-state index in [2.05, 4.69) is 10.9 Å². The molecule has 0 saturated carbocycles. The van der Waals surface area contributed by atoms with Crippen molar-refractivity contribution >= 4 is 21.7 Å². The number of carbonyl (C=O) groups is 2. The van der Waals surface area contributed by atoms with Crippen molar-refractivity contribution in [3.8, 4) is 5.75 Å². The summed E-state index contributed by atoms with van der Waals surface area (Å²) in [5.74, 6) is -0.309. The average molecular weight is 340 g/mol. The number of nitrogens with one attached hydrogen (secondary N) is 2. The Morgan fingerprint density at radius 1 is 1.30 bits per heavy atom. The Morgan fingerprint density at radius 2 is 2.04 bits per heavy atom. The smallest absolute Gasteiger partial charge is 0.269 e. The first-order chi connectivity index (χ1) is 10.8. The number of rotatable bonds is 4. The molecule has 1 fully saturated rings. The van der Waals surface area contributed by atoms with Crippen molar-refractivity contribution in [2.75, 3.05) is 18.6 Å². The maximum absolute atomic E-state index is 12.0. The number of hydrazine groups is 1. The van der Waals surface area contributed by atoms with Gasteiger partial charge in [-0.15, -0.1) is 0 Å². The van der Waals surface area contributed by atoms with Crippen LogP contribution in [-0.2, 0) is 14.6 Å². The molecule has 0 unspecified atom stereocenters. The molecule has 2 rings (SSSR count). The van der Waals surface area contributed by atoms with Crippen molar-refractivity contribution in [1.29, 1.82) is 0 Å². The van der Waals surface area contributed by atoms with Crippen LogP contribution in [0, 0.1) is 12.8 Å². The molecule has 23 heavy (non-hydrogen) atoms. The van der Waals surface area contributed by atoms with E-state index in [4.69, 9.17) is 4.74 Å². The fourth-order valence-corrected chi connectivity index (χ4v) is 4.37. The van der Waals surface area contributed by atoms with Crippen molar-refractivity contribution in [2.24, 2.45) is 5.92 Å². The predicted molar refractivity (Wildman–Crippen MR) is 84.7 cm³/mol. The van der Waals surface area contributed by atoms with Gasteiger partial charge in [0.15, 0.2) is 9.84 Å². The maximum Gasteiger partial charge on any atom is 0.269 e. The van der Waals surface area contributed by atoms with Crippen molar-refractivity contribution in [1.82, 2.24) is 10.9 Å². The van der Waals surface area contributed by atoms with Gasteiger partial charge in [0, 0.05) is 12.0 Å². The molecule has 7 nitrogen and oxygen atoms in total. The quantitative estimate of drug-likeness (QED) is 0.781. The van der Waals surface area contributed by atoms with Gasteiger partial charge in [0.1, 0.15) is 5.75 Å². The van der Waals surface area contributed by atoms with Crippen LogP contribution < -0.4 is 15.6 Å². The largest absolute Gasteiger partial charge is 0.496 e.